The van der Waals surface area contributed by atoms with Crippen molar-refractivity contribution in [2.24, 2.45) is 0 Å². The fourth-order valence-electron chi connectivity index (χ4n) is 8.02. The number of unbranched alkanes of at least 4 members (excludes halogenated alkanes) is 34. The van der Waals surface area contributed by atoms with E-state index in [9.17, 15) is 19.8 Å². The molecule has 0 fully saturated rings. The minimum atomic E-state index is -0.850. The minimum Gasteiger partial charge on any atom is -0.466 e. The molecule has 2 atom stereocenters. The quantitative estimate of drug-likeness (QED) is 0.0322. The summed E-state index contributed by atoms with van der Waals surface area (Å²) >= 11 is 0. The Morgan fingerprint density at radius 2 is 0.820 bits per heavy atom. The van der Waals surface area contributed by atoms with Crippen LogP contribution < -0.4 is 5.32 Å². The number of ether oxygens (including phenoxy) is 1. The van der Waals surface area contributed by atoms with Gasteiger partial charge in [-0.2, -0.15) is 0 Å². The van der Waals surface area contributed by atoms with Crippen LogP contribution in [-0.2, 0) is 14.3 Å². The van der Waals surface area contributed by atoms with Gasteiger partial charge in [0.2, 0.25) is 5.91 Å². The van der Waals surface area contributed by atoms with Crippen LogP contribution in [0.15, 0.2) is 36.5 Å². The van der Waals surface area contributed by atoms with Crippen LogP contribution in [0.2, 0.25) is 0 Å². The van der Waals surface area contributed by atoms with E-state index in [4.69, 9.17) is 4.74 Å². The molecule has 0 aliphatic carbocycles. The molecule has 0 saturated heterocycles. The third kappa shape index (κ3) is 47.4. The zero-order valence-electron chi connectivity index (χ0n) is 40.6. The van der Waals surface area contributed by atoms with E-state index < -0.39 is 12.1 Å². The second kappa shape index (κ2) is 50.7. The van der Waals surface area contributed by atoms with Gasteiger partial charge in [-0.15, -0.1) is 0 Å². The largest absolute Gasteiger partial charge is 0.466 e. The Balaban J connectivity index is 3.47. The monoisotopic (exact) mass is 858 g/mol. The maximum Gasteiger partial charge on any atom is 0.305 e. The van der Waals surface area contributed by atoms with Gasteiger partial charge in [0.1, 0.15) is 0 Å². The van der Waals surface area contributed by atoms with Crippen LogP contribution in [-0.4, -0.2) is 47.4 Å². The lowest BCUT2D eigenvalue weighted by atomic mass is 10.0. The fourth-order valence-corrected chi connectivity index (χ4v) is 8.02. The summed E-state index contributed by atoms with van der Waals surface area (Å²) in [4.78, 5) is 24.5. The van der Waals surface area contributed by atoms with Crippen LogP contribution in [0.4, 0.5) is 0 Å². The van der Waals surface area contributed by atoms with E-state index in [1.807, 2.05) is 6.08 Å². The Morgan fingerprint density at radius 1 is 0.459 bits per heavy atom. The summed E-state index contributed by atoms with van der Waals surface area (Å²) in [5.74, 6) is -0.0922. The highest BCUT2D eigenvalue weighted by molar-refractivity contribution is 5.76. The Kier molecular flexibility index (Phi) is 49.1. The molecule has 3 N–H and O–H groups in total. The molecule has 0 aromatic rings. The smallest absolute Gasteiger partial charge is 0.305 e. The molecule has 0 spiro atoms. The van der Waals surface area contributed by atoms with Crippen molar-refractivity contribution in [3.8, 4) is 0 Å². The molecule has 0 aliphatic heterocycles. The molecule has 0 aromatic carbocycles. The Hall–Kier alpha value is -1.92. The average Bonchev–Trinajstić information content (AvgIpc) is 3.26. The van der Waals surface area contributed by atoms with E-state index in [-0.39, 0.29) is 18.5 Å². The average molecular weight is 858 g/mol. The normalized spacial score (nSPS) is 12.9. The van der Waals surface area contributed by atoms with Gasteiger partial charge in [0, 0.05) is 12.8 Å². The zero-order valence-corrected chi connectivity index (χ0v) is 40.6. The van der Waals surface area contributed by atoms with E-state index in [2.05, 4.69) is 43.5 Å². The van der Waals surface area contributed by atoms with Gasteiger partial charge >= 0.3 is 5.97 Å². The van der Waals surface area contributed by atoms with E-state index in [1.165, 1.54) is 186 Å². The number of carbonyl (C=O) groups excluding carboxylic acids is 2. The number of esters is 1. The summed E-state index contributed by atoms with van der Waals surface area (Å²) in [6, 6.07) is -0.634. The number of hydrogen-bond acceptors (Lipinski definition) is 5. The molecule has 1 amide bonds. The van der Waals surface area contributed by atoms with Crippen molar-refractivity contribution in [3.05, 3.63) is 36.5 Å². The SMILES string of the molecule is CCCCCC/C=C\C/C=C\CCCCCCCC(=O)OCCCCCCCCCCCCCCCCCC(=O)NC(CO)C(O)/C=C/CCCCCCCCCCCCC. The van der Waals surface area contributed by atoms with Gasteiger partial charge in [0.05, 0.1) is 25.4 Å². The van der Waals surface area contributed by atoms with Crippen LogP contribution in [0.3, 0.4) is 0 Å². The number of hydrogen-bond donors (Lipinski definition) is 3. The number of amides is 1. The van der Waals surface area contributed by atoms with Gasteiger partial charge in [0.25, 0.3) is 0 Å². The Bertz CT molecular complexity index is 993. The number of aliphatic hydroxyl groups excluding tert-OH is 2. The molecular formula is C55H103NO5. The first-order valence-corrected chi connectivity index (χ1v) is 26.8. The third-order valence-corrected chi connectivity index (χ3v) is 12.2. The Morgan fingerprint density at radius 3 is 1.26 bits per heavy atom. The van der Waals surface area contributed by atoms with Crippen molar-refractivity contribution in [1.29, 1.82) is 0 Å². The van der Waals surface area contributed by atoms with Crippen LogP contribution in [0.1, 0.15) is 277 Å². The summed E-state index contributed by atoms with van der Waals surface area (Å²) in [7, 11) is 0. The topological polar surface area (TPSA) is 95.9 Å². The molecule has 0 aliphatic rings. The van der Waals surface area contributed by atoms with Gasteiger partial charge < -0.3 is 20.3 Å². The van der Waals surface area contributed by atoms with Crippen molar-refractivity contribution in [2.75, 3.05) is 13.2 Å². The lowest BCUT2D eigenvalue weighted by Crippen LogP contribution is -2.45. The number of rotatable bonds is 49. The van der Waals surface area contributed by atoms with Gasteiger partial charge in [-0.05, 0) is 64.2 Å². The molecular weight excluding hydrogens is 755 g/mol. The predicted molar refractivity (Wildman–Crippen MR) is 264 cm³/mol. The molecule has 61 heavy (non-hydrogen) atoms. The molecule has 0 aromatic heterocycles. The highest BCUT2D eigenvalue weighted by Gasteiger charge is 2.18. The van der Waals surface area contributed by atoms with E-state index in [0.717, 1.165) is 64.2 Å². The molecule has 6 nitrogen and oxygen atoms in total. The van der Waals surface area contributed by atoms with Gasteiger partial charge in [-0.3, -0.25) is 9.59 Å². The molecule has 0 rings (SSSR count). The van der Waals surface area contributed by atoms with E-state index >= 15 is 0 Å². The Labute approximate surface area is 379 Å². The zero-order chi connectivity index (χ0) is 44.4. The molecule has 2 unspecified atom stereocenters. The van der Waals surface area contributed by atoms with Crippen LogP contribution in [0.25, 0.3) is 0 Å². The van der Waals surface area contributed by atoms with Crippen LogP contribution >= 0.6 is 0 Å². The van der Waals surface area contributed by atoms with Gasteiger partial charge in [-0.25, -0.2) is 0 Å². The molecule has 0 bridgehead atoms. The standard InChI is InChI=1S/C55H103NO5/c1-3-5-7-9-11-13-15-17-18-21-25-29-33-37-41-45-49-55(60)61-50-46-42-38-34-30-26-22-19-20-24-28-32-36-40-44-48-54(59)56-52(51-57)53(58)47-43-39-35-31-27-23-16-14-12-10-8-6-4-2/h13,15,18,21,43,47,52-53,57-58H,3-12,14,16-17,19-20,22-42,44-46,48-51H2,1-2H3,(H,56,59)/b15-13-,21-18-,47-43+. The first-order chi connectivity index (χ1) is 30.0. The molecule has 6 heteroatoms. The maximum absolute atomic E-state index is 12.4. The molecule has 0 radical (unpaired) electrons. The van der Waals surface area contributed by atoms with Crippen molar-refractivity contribution >= 4 is 11.9 Å². The highest BCUT2D eigenvalue weighted by atomic mass is 16.5. The second-order valence-electron chi connectivity index (χ2n) is 18.2. The predicted octanol–water partition coefficient (Wildman–Crippen LogP) is 16.1. The first kappa shape index (κ1) is 59.1. The lowest BCUT2D eigenvalue weighted by molar-refractivity contribution is -0.143. The van der Waals surface area contributed by atoms with Crippen molar-refractivity contribution in [2.45, 2.75) is 289 Å². The van der Waals surface area contributed by atoms with E-state index in [1.54, 1.807) is 6.08 Å². The highest BCUT2D eigenvalue weighted by Crippen LogP contribution is 2.16. The third-order valence-electron chi connectivity index (χ3n) is 12.2. The maximum atomic E-state index is 12.4. The second-order valence-corrected chi connectivity index (χ2v) is 18.2. The number of carbonyl (C=O) groups is 2. The van der Waals surface area contributed by atoms with Gasteiger partial charge in [-0.1, -0.05) is 237 Å². The van der Waals surface area contributed by atoms with Crippen molar-refractivity contribution in [1.82, 2.24) is 5.32 Å². The fraction of sp³-hybridized carbons (Fsp3) is 0.855. The van der Waals surface area contributed by atoms with Gasteiger partial charge in [0.15, 0.2) is 0 Å². The lowest BCUT2D eigenvalue weighted by Gasteiger charge is -2.20. The summed E-state index contributed by atoms with van der Waals surface area (Å²) in [5, 5.41) is 23.0. The summed E-state index contributed by atoms with van der Waals surface area (Å²) in [5.41, 5.74) is 0. The van der Waals surface area contributed by atoms with E-state index in [0.29, 0.717) is 19.4 Å². The number of nitrogens with one attached hydrogen (secondary N) is 1. The molecule has 358 valence electrons. The minimum absolute atomic E-state index is 0.0144. The van der Waals surface area contributed by atoms with Crippen molar-refractivity contribution in [3.63, 3.8) is 0 Å². The summed E-state index contributed by atoms with van der Waals surface area (Å²) < 4.78 is 5.46. The van der Waals surface area contributed by atoms with Crippen molar-refractivity contribution < 1.29 is 24.5 Å². The first-order valence-electron chi connectivity index (χ1n) is 26.8. The number of aliphatic hydroxyl groups is 2. The van der Waals surface area contributed by atoms with Crippen LogP contribution in [0.5, 0.6) is 0 Å². The summed E-state index contributed by atoms with van der Waals surface area (Å²) in [6.45, 7) is 4.85. The summed E-state index contributed by atoms with van der Waals surface area (Å²) in [6.07, 6.45) is 61.4. The van der Waals surface area contributed by atoms with Crippen LogP contribution in [0, 0.1) is 0 Å². The molecule has 0 saturated carbocycles. The molecule has 0 heterocycles. The number of allylic oxidation sites excluding steroid dienone is 5.